The molecule has 402 valence electrons. The molecule has 0 spiro atoms. The van der Waals surface area contributed by atoms with E-state index in [-0.39, 0.29) is 0 Å². The van der Waals surface area contributed by atoms with Gasteiger partial charge in [-0.15, -0.1) is 25.7 Å². The average molecular weight is 1120 g/mol. The van der Waals surface area contributed by atoms with Crippen molar-refractivity contribution in [3.05, 3.63) is 140 Å². The van der Waals surface area contributed by atoms with E-state index in [1.807, 2.05) is 23.7 Å². The van der Waals surface area contributed by atoms with Crippen LogP contribution >= 0.6 is 0 Å². The Morgan fingerprint density at radius 2 is 0.463 bits per heavy atom. The number of rotatable bonds is 12. The largest absolute Gasteiger partial charge is 0.475 e. The van der Waals surface area contributed by atoms with Crippen molar-refractivity contribution in [1.82, 2.24) is 19.9 Å². The second-order valence-electron chi connectivity index (χ2n) is 16.3. The van der Waals surface area contributed by atoms with E-state index in [1.165, 1.54) is 0 Å². The van der Waals surface area contributed by atoms with E-state index >= 15 is 70.2 Å². The van der Waals surface area contributed by atoms with Crippen LogP contribution in [0, 0.1) is 142 Å². The molecule has 5 heterocycles. The molecule has 0 aliphatic carbocycles. The second-order valence-corrected chi connectivity index (χ2v) is 16.3. The molecule has 0 saturated heterocycles. The van der Waals surface area contributed by atoms with E-state index in [2.05, 4.69) is 19.9 Å². The van der Waals surface area contributed by atoms with Gasteiger partial charge in [0, 0.05) is 44.3 Å². The molecule has 0 saturated carbocycles. The average Bonchev–Trinajstić information content (AvgIpc) is 4.31. The van der Waals surface area contributed by atoms with Gasteiger partial charge in [-0.1, -0.05) is 23.7 Å². The lowest BCUT2D eigenvalue weighted by Gasteiger charge is -2.14. The van der Waals surface area contributed by atoms with Gasteiger partial charge in [0.2, 0.25) is 46.5 Å². The first-order chi connectivity index (χ1) is 38.2. The van der Waals surface area contributed by atoms with Gasteiger partial charge in [0.1, 0.15) is 26.4 Å². The van der Waals surface area contributed by atoms with Crippen LogP contribution in [0.15, 0.2) is 24.3 Å². The predicted molar refractivity (Wildman–Crippen MR) is 257 cm³/mol. The number of hydrogen-bond donors (Lipinski definition) is 2. The number of fused-ring (bicyclic) bond motifs is 8. The molecule has 4 aromatic carbocycles. The molecule has 0 radical (unpaired) electrons. The Balaban J connectivity index is 1.56. The quantitative estimate of drug-likeness (QED) is 0.0719. The smallest absolute Gasteiger partial charge is 0.204 e. The lowest BCUT2D eigenvalue weighted by Crippen LogP contribution is -2.08. The fourth-order valence-corrected chi connectivity index (χ4v) is 8.54. The zero-order chi connectivity index (χ0) is 57.8. The number of aromatic nitrogens is 4. The van der Waals surface area contributed by atoms with Crippen LogP contribution in [0.1, 0.15) is 22.8 Å². The van der Waals surface area contributed by atoms with Crippen molar-refractivity contribution in [3.63, 3.8) is 0 Å². The topological polar surface area (TPSA) is 94.3 Å². The van der Waals surface area contributed by atoms with Crippen molar-refractivity contribution < 1.29 is 89.2 Å². The monoisotopic (exact) mass is 1120 g/mol. The SMILES string of the molecule is C#CCOc1c(F)c(F)c(-c2c3nc(c(-c4c(F)c(F)c(OCC#C)c(F)c4F)c4ccc([nH]4)c(-c4c(F)c(F)c(OCC#C)c(F)c4F)c4nc(c(-c5c(F)c(F)c(OCC#C)c(F)c5F)c5ccc2[nH]5)C=C4)C=C3)c(F)c1F. The Bertz CT molecular complexity index is 3640. The number of H-pyrrole nitrogens is 2. The van der Waals surface area contributed by atoms with E-state index in [4.69, 9.17) is 44.6 Å². The van der Waals surface area contributed by atoms with Gasteiger partial charge >= 0.3 is 0 Å². The summed E-state index contributed by atoms with van der Waals surface area (Å²) < 4.78 is 279. The highest BCUT2D eigenvalue weighted by Gasteiger charge is 2.36. The van der Waals surface area contributed by atoms with Gasteiger partial charge < -0.3 is 28.9 Å². The number of ether oxygens (including phenoxy) is 4. The summed E-state index contributed by atoms with van der Waals surface area (Å²) in [6, 6.07) is 3.07. The molecule has 0 atom stereocenters. The van der Waals surface area contributed by atoms with Crippen LogP contribution in [0.5, 0.6) is 23.0 Å². The van der Waals surface area contributed by atoms with Crippen LogP contribution in [-0.4, -0.2) is 46.4 Å². The molecule has 0 unspecified atom stereocenters. The van der Waals surface area contributed by atoms with Gasteiger partial charge in [0.25, 0.3) is 0 Å². The molecule has 0 fully saturated rings. The number of aromatic amines is 2. The van der Waals surface area contributed by atoms with Gasteiger partial charge in [-0.3, -0.25) is 0 Å². The molecule has 9 rings (SSSR count). The minimum absolute atomic E-state index is 0.740. The molecule has 8 nitrogen and oxygen atoms in total. The minimum Gasteiger partial charge on any atom is -0.475 e. The van der Waals surface area contributed by atoms with Crippen LogP contribution in [0.2, 0.25) is 0 Å². The standard InChI is InChI=1S/C56H22F16N4O4/c1-5-17-77-53-45(65)37(57)33(38(58)46(53)66)29-21-9-11-23(73-21)30(34-39(59)47(67)54(78-18-6-2)48(68)40(34)60)25-13-15-27(75-25)32(36-43(63)51(71)56(80-20-8-4)52(72)44(36)64)28-16-14-26(76-28)31(24-12-10-22(29)74-24)35-41(61)49(69)55(79-19-7-3)50(70)42(35)62/h1-4,9-16,73,76H,17-20H2. The third kappa shape index (κ3) is 8.76. The van der Waals surface area contributed by atoms with E-state index < -0.39 is 232 Å². The molecule has 8 bridgehead atoms. The van der Waals surface area contributed by atoms with E-state index in [0.29, 0.717) is 0 Å². The minimum atomic E-state index is -2.27. The third-order valence-electron chi connectivity index (χ3n) is 11.8. The van der Waals surface area contributed by atoms with Gasteiger partial charge in [-0.2, -0.15) is 35.1 Å². The van der Waals surface area contributed by atoms with E-state index in [9.17, 15) is 0 Å². The summed E-state index contributed by atoms with van der Waals surface area (Å²) in [7, 11) is 0. The highest BCUT2D eigenvalue weighted by molar-refractivity contribution is 6.00. The van der Waals surface area contributed by atoms with Crippen molar-refractivity contribution in [2.75, 3.05) is 26.4 Å². The molecule has 3 aromatic heterocycles. The summed E-state index contributed by atoms with van der Waals surface area (Å²) in [6.07, 6.45) is 23.3. The number of halogens is 16. The Morgan fingerprint density at radius 3 is 0.625 bits per heavy atom. The molecule has 0 amide bonds. The summed E-state index contributed by atoms with van der Waals surface area (Å²) in [5, 5.41) is 0. The lowest BCUT2D eigenvalue weighted by molar-refractivity contribution is 0.307. The highest BCUT2D eigenvalue weighted by Crippen LogP contribution is 2.47. The Kier molecular flexibility index (Phi) is 14.5. The molecule has 2 aliphatic rings. The fourth-order valence-electron chi connectivity index (χ4n) is 8.54. The Hall–Kier alpha value is -10.2. The zero-order valence-electron chi connectivity index (χ0n) is 39.3. The maximum absolute atomic E-state index is 16.6. The normalized spacial score (nSPS) is 11.6. The summed E-state index contributed by atoms with van der Waals surface area (Å²) in [4.78, 5) is 13.2. The van der Waals surface area contributed by atoms with Crippen LogP contribution in [-0.2, 0) is 0 Å². The maximum Gasteiger partial charge on any atom is 0.204 e. The summed E-state index contributed by atoms with van der Waals surface area (Å²) in [5.41, 5.74) is -18.1. The van der Waals surface area contributed by atoms with Gasteiger partial charge in [0.15, 0.2) is 69.5 Å². The Morgan fingerprint density at radius 1 is 0.287 bits per heavy atom. The summed E-state index contributed by atoms with van der Waals surface area (Å²) >= 11 is 0. The second kappa shape index (κ2) is 21.3. The van der Waals surface area contributed by atoms with Crippen molar-refractivity contribution >= 4 is 46.4 Å². The molecular formula is C56H22F16N4O4. The van der Waals surface area contributed by atoms with Gasteiger partial charge in [-0.05, 0) is 48.6 Å². The number of terminal acetylenes is 4. The number of nitrogens with one attached hydrogen (secondary N) is 2. The first-order valence-corrected chi connectivity index (χ1v) is 22.1. The zero-order valence-corrected chi connectivity index (χ0v) is 39.3. The number of hydrogen-bond acceptors (Lipinski definition) is 6. The summed E-state index contributed by atoms with van der Waals surface area (Å²) in [5.74, 6) is -35.5. The fraction of sp³-hybridized carbons (Fsp3) is 0.0714. The number of benzene rings is 4. The van der Waals surface area contributed by atoms with Gasteiger partial charge in [0.05, 0.1) is 45.0 Å². The van der Waals surface area contributed by atoms with E-state index in [0.717, 1.165) is 48.6 Å². The lowest BCUT2D eigenvalue weighted by atomic mass is 10.0. The van der Waals surface area contributed by atoms with Crippen molar-refractivity contribution in [1.29, 1.82) is 0 Å². The molecule has 24 heteroatoms. The highest BCUT2D eigenvalue weighted by atomic mass is 19.2. The van der Waals surface area contributed by atoms with Crippen LogP contribution in [0.4, 0.5) is 70.2 Å². The summed E-state index contributed by atoms with van der Waals surface area (Å²) in [6.45, 7) is -3.80. The first-order valence-electron chi connectivity index (χ1n) is 22.1. The van der Waals surface area contributed by atoms with Crippen molar-refractivity contribution in [2.45, 2.75) is 0 Å². The van der Waals surface area contributed by atoms with Crippen LogP contribution in [0.25, 0.3) is 90.9 Å². The van der Waals surface area contributed by atoms with E-state index in [1.54, 1.807) is 0 Å². The molecule has 80 heavy (non-hydrogen) atoms. The van der Waals surface area contributed by atoms with Crippen LogP contribution < -0.4 is 18.9 Å². The van der Waals surface area contributed by atoms with Crippen molar-refractivity contribution in [2.24, 2.45) is 0 Å². The molecule has 2 N–H and O–H groups in total. The predicted octanol–water partition coefficient (Wildman–Crippen LogP) is 13.6. The molecule has 7 aromatic rings. The maximum atomic E-state index is 16.6. The van der Waals surface area contributed by atoms with Crippen molar-refractivity contribution in [3.8, 4) is 117 Å². The number of nitrogens with zero attached hydrogens (tertiary/aromatic N) is 2. The molecule has 2 aliphatic heterocycles. The Labute approximate surface area is 438 Å². The van der Waals surface area contributed by atoms with Crippen LogP contribution in [0.3, 0.4) is 0 Å². The van der Waals surface area contributed by atoms with Gasteiger partial charge in [-0.25, -0.2) is 45.1 Å². The first kappa shape index (κ1) is 54.6. The third-order valence-corrected chi connectivity index (χ3v) is 11.8. The molecular weight excluding hydrogens is 1100 g/mol.